The summed E-state index contributed by atoms with van der Waals surface area (Å²) in [5, 5.41) is 8.42. The van der Waals surface area contributed by atoms with E-state index in [0.29, 0.717) is 31.8 Å². The number of benzene rings is 2. The van der Waals surface area contributed by atoms with E-state index in [0.717, 1.165) is 46.5 Å². The van der Waals surface area contributed by atoms with Gasteiger partial charge >= 0.3 is 5.97 Å². The van der Waals surface area contributed by atoms with Crippen LogP contribution in [0.25, 0.3) is 21.6 Å². The molecular weight excluding hydrogens is 524 g/mol. The SMILES string of the molecule is CCCNC(=O)c1ccc(-c2cc3c(cc2CNc2ccc(CN)cc2)-c2sccc2CCO3)c(C(=O)OC)n1. The van der Waals surface area contributed by atoms with Crippen molar-refractivity contribution < 1.29 is 19.1 Å². The van der Waals surface area contributed by atoms with E-state index in [1.807, 2.05) is 37.3 Å². The fourth-order valence-corrected chi connectivity index (χ4v) is 5.67. The van der Waals surface area contributed by atoms with Gasteiger partial charge in [-0.3, -0.25) is 4.79 Å². The van der Waals surface area contributed by atoms with Crippen LogP contribution in [0.5, 0.6) is 5.75 Å². The van der Waals surface area contributed by atoms with E-state index in [2.05, 4.69) is 33.1 Å². The zero-order valence-corrected chi connectivity index (χ0v) is 23.4. The lowest BCUT2D eigenvalue weighted by Crippen LogP contribution is -2.25. The third kappa shape index (κ3) is 5.71. The maximum Gasteiger partial charge on any atom is 0.357 e. The molecule has 1 amide bonds. The van der Waals surface area contributed by atoms with Crippen LogP contribution >= 0.6 is 11.3 Å². The molecule has 0 saturated heterocycles. The number of methoxy groups -OCH3 is 1. The van der Waals surface area contributed by atoms with Crippen LogP contribution in [-0.4, -0.2) is 37.1 Å². The molecule has 206 valence electrons. The second kappa shape index (κ2) is 12.3. The Morgan fingerprint density at radius 1 is 1.07 bits per heavy atom. The van der Waals surface area contributed by atoms with Gasteiger partial charge in [-0.15, -0.1) is 11.3 Å². The molecule has 40 heavy (non-hydrogen) atoms. The summed E-state index contributed by atoms with van der Waals surface area (Å²) >= 11 is 1.69. The van der Waals surface area contributed by atoms with Crippen LogP contribution in [0.3, 0.4) is 0 Å². The predicted octanol–water partition coefficient (Wildman–Crippen LogP) is 5.41. The molecule has 4 N–H and O–H groups in total. The minimum atomic E-state index is -0.618. The molecule has 3 heterocycles. The Labute approximate surface area is 237 Å². The van der Waals surface area contributed by atoms with Gasteiger partial charge in [0.2, 0.25) is 0 Å². The maximum absolute atomic E-state index is 12.9. The number of carbonyl (C=O) groups excluding carboxylic acids is 2. The van der Waals surface area contributed by atoms with Gasteiger partial charge in [-0.2, -0.15) is 0 Å². The summed E-state index contributed by atoms with van der Waals surface area (Å²) in [6.45, 7) is 4.00. The highest BCUT2D eigenvalue weighted by Gasteiger charge is 2.24. The summed E-state index contributed by atoms with van der Waals surface area (Å²) in [7, 11) is 1.31. The van der Waals surface area contributed by atoms with Crippen molar-refractivity contribution in [2.75, 3.05) is 25.6 Å². The first-order chi connectivity index (χ1) is 19.5. The molecule has 0 saturated carbocycles. The van der Waals surface area contributed by atoms with Crippen LogP contribution in [0.15, 0.2) is 60.0 Å². The van der Waals surface area contributed by atoms with Crippen molar-refractivity contribution in [3.05, 3.63) is 88.1 Å². The van der Waals surface area contributed by atoms with E-state index in [-0.39, 0.29) is 17.3 Å². The molecule has 8 nitrogen and oxygen atoms in total. The van der Waals surface area contributed by atoms with E-state index < -0.39 is 5.97 Å². The van der Waals surface area contributed by atoms with Gasteiger partial charge in [0.15, 0.2) is 5.69 Å². The van der Waals surface area contributed by atoms with Crippen LogP contribution in [0.1, 0.15) is 51.0 Å². The fraction of sp³-hybridized carbons (Fsp3) is 0.258. The maximum atomic E-state index is 12.9. The molecule has 0 unspecified atom stereocenters. The Morgan fingerprint density at radius 2 is 1.90 bits per heavy atom. The fourth-order valence-electron chi connectivity index (χ4n) is 4.70. The van der Waals surface area contributed by atoms with E-state index in [9.17, 15) is 9.59 Å². The summed E-state index contributed by atoms with van der Waals surface area (Å²) in [6, 6.07) is 17.6. The van der Waals surface area contributed by atoms with Gasteiger partial charge in [-0.25, -0.2) is 9.78 Å². The third-order valence-electron chi connectivity index (χ3n) is 6.83. The number of nitrogens with one attached hydrogen (secondary N) is 2. The highest BCUT2D eigenvalue weighted by atomic mass is 32.1. The number of rotatable bonds is 9. The average Bonchev–Trinajstić information content (AvgIpc) is 3.39. The predicted molar refractivity (Wildman–Crippen MR) is 158 cm³/mol. The number of carbonyl (C=O) groups is 2. The summed E-state index contributed by atoms with van der Waals surface area (Å²) < 4.78 is 11.3. The molecule has 0 atom stereocenters. The third-order valence-corrected chi connectivity index (χ3v) is 7.82. The number of pyridine rings is 1. The number of fused-ring (bicyclic) bond motifs is 3. The molecule has 1 aliphatic rings. The van der Waals surface area contributed by atoms with Crippen LogP contribution in [0.4, 0.5) is 5.69 Å². The molecule has 0 spiro atoms. The number of ether oxygens (including phenoxy) is 2. The normalized spacial score (nSPS) is 12.0. The number of aromatic nitrogens is 1. The zero-order chi connectivity index (χ0) is 28.1. The van der Waals surface area contributed by atoms with Crippen molar-refractivity contribution in [3.63, 3.8) is 0 Å². The van der Waals surface area contributed by atoms with Gasteiger partial charge in [-0.05, 0) is 76.5 Å². The van der Waals surface area contributed by atoms with Gasteiger partial charge < -0.3 is 25.8 Å². The molecule has 0 fully saturated rings. The number of nitrogens with two attached hydrogens (primary N) is 1. The number of hydrogen-bond acceptors (Lipinski definition) is 8. The highest BCUT2D eigenvalue weighted by Crippen LogP contribution is 2.43. The minimum absolute atomic E-state index is 0.0746. The molecule has 1 aliphatic heterocycles. The number of thiophene rings is 1. The number of anilines is 1. The van der Waals surface area contributed by atoms with E-state index in [1.165, 1.54) is 17.6 Å². The Hall–Kier alpha value is -4.21. The standard InChI is InChI=1S/C31H32N4O4S/c1-3-12-33-30(36)26-9-8-23(28(35-26)31(37)38-2)24-16-27-25(29-20(10-13-39-27)11-14-40-29)15-21(24)18-34-22-6-4-19(17-32)5-7-22/h4-9,11,14-16,34H,3,10,12-13,17-18,32H2,1-2H3,(H,33,36). The van der Waals surface area contributed by atoms with Crippen LogP contribution in [0, 0.1) is 0 Å². The lowest BCUT2D eigenvalue weighted by Gasteiger charge is -2.18. The Bertz CT molecular complexity index is 1530. The molecule has 0 radical (unpaired) electrons. The molecule has 0 aliphatic carbocycles. The highest BCUT2D eigenvalue weighted by molar-refractivity contribution is 7.13. The van der Waals surface area contributed by atoms with Crippen molar-refractivity contribution in [3.8, 4) is 27.3 Å². The quantitative estimate of drug-likeness (QED) is 0.236. The van der Waals surface area contributed by atoms with Crippen LogP contribution in [-0.2, 0) is 24.2 Å². The Kier molecular flexibility index (Phi) is 8.42. The van der Waals surface area contributed by atoms with E-state index in [1.54, 1.807) is 23.5 Å². The molecule has 4 aromatic rings. The molecule has 5 rings (SSSR count). The summed E-state index contributed by atoms with van der Waals surface area (Å²) in [5.41, 5.74) is 12.6. The lowest BCUT2D eigenvalue weighted by atomic mass is 9.94. The van der Waals surface area contributed by atoms with Crippen molar-refractivity contribution in [2.24, 2.45) is 5.73 Å². The number of nitrogens with zero attached hydrogens (tertiary/aromatic N) is 1. The van der Waals surface area contributed by atoms with Gasteiger partial charge in [-0.1, -0.05) is 19.1 Å². The smallest absolute Gasteiger partial charge is 0.357 e. The lowest BCUT2D eigenvalue weighted by molar-refractivity contribution is 0.0595. The average molecular weight is 557 g/mol. The molecular formula is C31H32N4O4S. The van der Waals surface area contributed by atoms with Gasteiger partial charge in [0.1, 0.15) is 11.4 Å². The minimum Gasteiger partial charge on any atom is -0.493 e. The zero-order valence-electron chi connectivity index (χ0n) is 22.6. The van der Waals surface area contributed by atoms with E-state index in [4.69, 9.17) is 15.2 Å². The molecule has 2 aromatic carbocycles. The van der Waals surface area contributed by atoms with Gasteiger partial charge in [0, 0.05) is 47.7 Å². The number of esters is 1. The summed E-state index contributed by atoms with van der Waals surface area (Å²) in [6.07, 6.45) is 1.61. The number of hydrogen-bond donors (Lipinski definition) is 3. The largest absolute Gasteiger partial charge is 0.493 e. The first-order valence-electron chi connectivity index (χ1n) is 13.3. The van der Waals surface area contributed by atoms with Crippen LogP contribution < -0.4 is 21.1 Å². The topological polar surface area (TPSA) is 116 Å². The van der Waals surface area contributed by atoms with Crippen LogP contribution in [0.2, 0.25) is 0 Å². The number of amides is 1. The van der Waals surface area contributed by atoms with E-state index >= 15 is 0 Å². The summed E-state index contributed by atoms with van der Waals surface area (Å²) in [4.78, 5) is 31.2. The monoisotopic (exact) mass is 556 g/mol. The second-order valence-corrected chi connectivity index (χ2v) is 10.4. The first-order valence-corrected chi connectivity index (χ1v) is 14.2. The van der Waals surface area contributed by atoms with Crippen molar-refractivity contribution >= 4 is 28.9 Å². The van der Waals surface area contributed by atoms with Crippen molar-refractivity contribution in [1.29, 1.82) is 0 Å². The Balaban J connectivity index is 1.62. The molecule has 9 heteroatoms. The van der Waals surface area contributed by atoms with Crippen molar-refractivity contribution in [1.82, 2.24) is 10.3 Å². The molecule has 0 bridgehead atoms. The first kappa shape index (κ1) is 27.4. The summed E-state index contributed by atoms with van der Waals surface area (Å²) in [5.74, 6) is -0.211. The Morgan fingerprint density at radius 3 is 2.65 bits per heavy atom. The van der Waals surface area contributed by atoms with Gasteiger partial charge in [0.05, 0.1) is 13.7 Å². The van der Waals surface area contributed by atoms with Crippen molar-refractivity contribution in [2.45, 2.75) is 32.9 Å². The molecule has 2 aromatic heterocycles. The second-order valence-electron chi connectivity index (χ2n) is 9.47. The van der Waals surface area contributed by atoms with Gasteiger partial charge in [0.25, 0.3) is 5.91 Å².